The van der Waals surface area contributed by atoms with Crippen LogP contribution in [0.1, 0.15) is 24.0 Å². The maximum atomic E-state index is 13.3. The first-order valence-electron chi connectivity index (χ1n) is 6.41. The van der Waals surface area contributed by atoms with Crippen molar-refractivity contribution in [3.63, 3.8) is 0 Å². The van der Waals surface area contributed by atoms with Crippen molar-refractivity contribution >= 4 is 24.0 Å². The minimum Gasteiger partial charge on any atom is -0.327 e. The van der Waals surface area contributed by atoms with Gasteiger partial charge in [0, 0.05) is 23.0 Å². The first-order valence-corrected chi connectivity index (χ1v) is 6.79. The number of nitrogens with two attached hydrogens (primary N) is 1. The number of hydrogen-bond acceptors (Lipinski definition) is 1. The largest absolute Gasteiger partial charge is 0.327 e. The second kappa shape index (κ2) is 7.74. The molecular formula is C16H17Cl2F2N. The van der Waals surface area contributed by atoms with Crippen molar-refractivity contribution in [2.45, 2.75) is 25.3 Å². The van der Waals surface area contributed by atoms with Crippen LogP contribution in [0.5, 0.6) is 0 Å². The van der Waals surface area contributed by atoms with E-state index in [1.165, 1.54) is 12.1 Å². The van der Waals surface area contributed by atoms with E-state index in [1.807, 2.05) is 19.1 Å². The van der Waals surface area contributed by atoms with E-state index in [0.29, 0.717) is 17.0 Å². The Hall–Kier alpha value is -1.16. The molecule has 0 fully saturated rings. The quantitative estimate of drug-likeness (QED) is 0.862. The highest BCUT2D eigenvalue weighted by molar-refractivity contribution is 6.30. The van der Waals surface area contributed by atoms with E-state index in [0.717, 1.165) is 11.6 Å². The maximum Gasteiger partial charge on any atom is 0.126 e. The summed E-state index contributed by atoms with van der Waals surface area (Å²) in [4.78, 5) is 0. The van der Waals surface area contributed by atoms with E-state index in [2.05, 4.69) is 0 Å². The third-order valence-corrected chi connectivity index (χ3v) is 3.57. The lowest BCUT2D eigenvalue weighted by Gasteiger charge is -2.21. The maximum absolute atomic E-state index is 13.3. The molecule has 2 N–H and O–H groups in total. The Balaban J connectivity index is 0.00000220. The van der Waals surface area contributed by atoms with Gasteiger partial charge in [-0.3, -0.25) is 0 Å². The third-order valence-electron chi connectivity index (χ3n) is 3.32. The summed E-state index contributed by atoms with van der Waals surface area (Å²) in [5, 5.41) is 0.655. The summed E-state index contributed by atoms with van der Waals surface area (Å²) in [5.74, 6) is -1.31. The highest BCUT2D eigenvalue weighted by Gasteiger charge is 2.18. The van der Waals surface area contributed by atoms with Crippen LogP contribution in [0.2, 0.25) is 5.02 Å². The second-order valence-electron chi connectivity index (χ2n) is 5.00. The summed E-state index contributed by atoms with van der Waals surface area (Å²) in [6.07, 6.45) is 0.609. The Bertz CT molecular complexity index is 565. The Labute approximate surface area is 134 Å². The van der Waals surface area contributed by atoms with Gasteiger partial charge >= 0.3 is 0 Å². The average molecular weight is 332 g/mol. The molecule has 2 atom stereocenters. The Morgan fingerprint density at radius 2 is 1.57 bits per heavy atom. The van der Waals surface area contributed by atoms with E-state index in [9.17, 15) is 8.78 Å². The molecule has 2 unspecified atom stereocenters. The first-order chi connectivity index (χ1) is 9.45. The lowest BCUT2D eigenvalue weighted by Crippen LogP contribution is -2.26. The molecule has 0 aliphatic rings. The number of hydrogen-bond donors (Lipinski definition) is 1. The summed E-state index contributed by atoms with van der Waals surface area (Å²) in [6, 6.07) is 10.7. The van der Waals surface area contributed by atoms with Gasteiger partial charge in [-0.1, -0.05) is 23.7 Å². The summed E-state index contributed by atoms with van der Waals surface area (Å²) < 4.78 is 26.7. The molecule has 2 aromatic rings. The van der Waals surface area contributed by atoms with E-state index in [1.54, 1.807) is 12.1 Å². The van der Waals surface area contributed by atoms with Crippen molar-refractivity contribution in [3.05, 3.63) is 70.2 Å². The highest BCUT2D eigenvalue weighted by atomic mass is 35.5. The summed E-state index contributed by atoms with van der Waals surface area (Å²) in [5.41, 5.74) is 7.58. The van der Waals surface area contributed by atoms with Crippen LogP contribution in [-0.2, 0) is 6.42 Å². The molecule has 0 aliphatic heterocycles. The molecule has 0 bridgehead atoms. The van der Waals surface area contributed by atoms with Gasteiger partial charge in [-0.25, -0.2) is 8.78 Å². The predicted molar refractivity (Wildman–Crippen MR) is 85.2 cm³/mol. The molecule has 0 aliphatic carbocycles. The molecule has 0 heterocycles. The van der Waals surface area contributed by atoms with Crippen LogP contribution in [0.4, 0.5) is 8.78 Å². The van der Waals surface area contributed by atoms with Crippen LogP contribution in [0.15, 0.2) is 42.5 Å². The molecular weight excluding hydrogens is 315 g/mol. The van der Waals surface area contributed by atoms with E-state index in [4.69, 9.17) is 17.3 Å². The van der Waals surface area contributed by atoms with Gasteiger partial charge in [0.2, 0.25) is 0 Å². The topological polar surface area (TPSA) is 26.0 Å². The van der Waals surface area contributed by atoms with Crippen LogP contribution >= 0.6 is 24.0 Å². The molecule has 114 valence electrons. The van der Waals surface area contributed by atoms with Gasteiger partial charge in [-0.15, -0.1) is 12.4 Å². The average Bonchev–Trinajstić information content (AvgIpc) is 2.36. The lowest BCUT2D eigenvalue weighted by molar-refractivity contribution is 0.540. The van der Waals surface area contributed by atoms with Gasteiger partial charge in [0.15, 0.2) is 0 Å². The highest BCUT2D eigenvalue weighted by Crippen LogP contribution is 2.26. The third kappa shape index (κ3) is 4.95. The molecule has 5 heteroatoms. The Morgan fingerprint density at radius 3 is 2.05 bits per heavy atom. The smallest absolute Gasteiger partial charge is 0.126 e. The zero-order chi connectivity index (χ0) is 14.7. The fourth-order valence-electron chi connectivity index (χ4n) is 2.27. The monoisotopic (exact) mass is 331 g/mol. The minimum atomic E-state index is -0.582. The second-order valence-corrected chi connectivity index (χ2v) is 5.44. The fourth-order valence-corrected chi connectivity index (χ4v) is 2.40. The molecule has 1 nitrogen and oxygen atoms in total. The van der Waals surface area contributed by atoms with Gasteiger partial charge in [-0.2, -0.15) is 0 Å². The van der Waals surface area contributed by atoms with Gasteiger partial charge in [0.1, 0.15) is 11.6 Å². The van der Waals surface area contributed by atoms with Crippen LogP contribution < -0.4 is 5.73 Å². The molecule has 0 saturated heterocycles. The van der Waals surface area contributed by atoms with E-state index in [-0.39, 0.29) is 24.4 Å². The molecule has 0 aromatic heterocycles. The van der Waals surface area contributed by atoms with Crippen LogP contribution in [-0.4, -0.2) is 6.04 Å². The van der Waals surface area contributed by atoms with Crippen molar-refractivity contribution in [2.75, 3.05) is 0 Å². The molecule has 21 heavy (non-hydrogen) atoms. The van der Waals surface area contributed by atoms with Crippen molar-refractivity contribution in [2.24, 2.45) is 5.73 Å². The van der Waals surface area contributed by atoms with Crippen molar-refractivity contribution in [1.82, 2.24) is 0 Å². The molecule has 0 radical (unpaired) electrons. The minimum absolute atomic E-state index is 0. The van der Waals surface area contributed by atoms with Crippen molar-refractivity contribution < 1.29 is 8.78 Å². The molecule has 2 aromatic carbocycles. The fraction of sp³-hybridized carbons (Fsp3) is 0.250. The van der Waals surface area contributed by atoms with Crippen LogP contribution in [0, 0.1) is 11.6 Å². The first kappa shape index (κ1) is 17.9. The van der Waals surface area contributed by atoms with Crippen molar-refractivity contribution in [1.29, 1.82) is 0 Å². The normalized spacial score (nSPS) is 13.4. The zero-order valence-corrected chi connectivity index (χ0v) is 13.1. The Kier molecular flexibility index (Phi) is 6.59. The summed E-state index contributed by atoms with van der Waals surface area (Å²) in [6.45, 7) is 1.84. The van der Waals surface area contributed by atoms with E-state index < -0.39 is 11.6 Å². The summed E-state index contributed by atoms with van der Waals surface area (Å²) >= 11 is 5.85. The van der Waals surface area contributed by atoms with Gasteiger partial charge in [-0.05, 0) is 48.7 Å². The van der Waals surface area contributed by atoms with Gasteiger partial charge in [0.05, 0.1) is 0 Å². The Morgan fingerprint density at radius 1 is 1.05 bits per heavy atom. The predicted octanol–water partition coefficient (Wildman–Crippen LogP) is 4.71. The van der Waals surface area contributed by atoms with Crippen LogP contribution in [0.3, 0.4) is 0 Å². The zero-order valence-electron chi connectivity index (χ0n) is 11.5. The van der Waals surface area contributed by atoms with Gasteiger partial charge in [0.25, 0.3) is 0 Å². The van der Waals surface area contributed by atoms with Crippen molar-refractivity contribution in [3.8, 4) is 0 Å². The summed E-state index contributed by atoms with van der Waals surface area (Å²) in [7, 11) is 0. The lowest BCUT2D eigenvalue weighted by atomic mass is 9.87. The molecule has 2 rings (SSSR count). The SMILES string of the molecule is CC(N)C(Cc1ccc(Cl)cc1)c1cc(F)cc(F)c1.Cl. The van der Waals surface area contributed by atoms with E-state index >= 15 is 0 Å². The number of rotatable bonds is 4. The standard InChI is InChI=1S/C16H16ClF2N.ClH/c1-10(20)16(6-11-2-4-13(17)5-3-11)12-7-14(18)9-15(19)8-12;/h2-5,7-10,16H,6,20H2,1H3;1H. The molecule has 0 spiro atoms. The number of benzene rings is 2. The van der Waals surface area contributed by atoms with Crippen LogP contribution in [0.25, 0.3) is 0 Å². The molecule has 0 saturated carbocycles. The number of halogens is 4. The van der Waals surface area contributed by atoms with Gasteiger partial charge < -0.3 is 5.73 Å². The molecule has 0 amide bonds.